The van der Waals surface area contributed by atoms with Crippen molar-refractivity contribution in [2.45, 2.75) is 45.6 Å². The van der Waals surface area contributed by atoms with Gasteiger partial charge in [-0.1, -0.05) is 38.8 Å². The van der Waals surface area contributed by atoms with Crippen LogP contribution in [0, 0.1) is 5.92 Å². The molecule has 122 valence electrons. The van der Waals surface area contributed by atoms with E-state index < -0.39 is 12.0 Å². The third-order valence-electron chi connectivity index (χ3n) is 3.61. The van der Waals surface area contributed by atoms with E-state index in [4.69, 9.17) is 9.84 Å². The summed E-state index contributed by atoms with van der Waals surface area (Å²) in [6.45, 7) is 3.80. The number of ether oxygens (including phenoxy) is 1. The van der Waals surface area contributed by atoms with Gasteiger partial charge in [0.15, 0.2) is 0 Å². The fourth-order valence-electron chi connectivity index (χ4n) is 2.19. The number of nitrogens with one attached hydrogen (secondary N) is 1. The van der Waals surface area contributed by atoms with Crippen LogP contribution >= 0.6 is 0 Å². The summed E-state index contributed by atoms with van der Waals surface area (Å²) in [4.78, 5) is 23.3. The van der Waals surface area contributed by atoms with Crippen LogP contribution in [-0.4, -0.2) is 30.1 Å². The summed E-state index contributed by atoms with van der Waals surface area (Å²) < 4.78 is 5.09. The number of methoxy groups -OCH3 is 1. The van der Waals surface area contributed by atoms with Gasteiger partial charge in [-0.2, -0.15) is 0 Å². The van der Waals surface area contributed by atoms with Crippen molar-refractivity contribution in [1.82, 2.24) is 5.32 Å². The summed E-state index contributed by atoms with van der Waals surface area (Å²) in [6, 6.07) is 6.72. The van der Waals surface area contributed by atoms with E-state index in [2.05, 4.69) is 5.32 Å². The quantitative estimate of drug-likeness (QED) is 0.735. The fraction of sp³-hybridized carbons (Fsp3) is 0.529. The Bertz CT molecular complexity index is 484. The molecule has 0 fully saturated rings. The molecule has 0 spiro atoms. The van der Waals surface area contributed by atoms with Gasteiger partial charge in [-0.25, -0.2) is 4.79 Å². The zero-order valence-electron chi connectivity index (χ0n) is 13.5. The second-order valence-electron chi connectivity index (χ2n) is 5.49. The maximum Gasteiger partial charge on any atom is 0.326 e. The van der Waals surface area contributed by atoms with E-state index in [1.165, 1.54) is 0 Å². The molecule has 5 heteroatoms. The molecule has 1 amide bonds. The predicted octanol–water partition coefficient (Wildman–Crippen LogP) is 2.63. The third-order valence-corrected chi connectivity index (χ3v) is 3.61. The van der Waals surface area contributed by atoms with Crippen molar-refractivity contribution in [1.29, 1.82) is 0 Å². The van der Waals surface area contributed by atoms with Gasteiger partial charge in [-0.15, -0.1) is 0 Å². The minimum Gasteiger partial charge on any atom is -0.497 e. The first-order valence-corrected chi connectivity index (χ1v) is 7.64. The van der Waals surface area contributed by atoms with Gasteiger partial charge in [-0.05, 0) is 30.5 Å². The molecule has 2 atom stereocenters. The normalized spacial score (nSPS) is 13.2. The highest BCUT2D eigenvalue weighted by atomic mass is 16.5. The number of carbonyl (C=O) groups excluding carboxylic acids is 1. The summed E-state index contributed by atoms with van der Waals surface area (Å²) in [5.74, 6) is -0.707. The number of rotatable bonds is 9. The first kappa shape index (κ1) is 18.0. The van der Waals surface area contributed by atoms with Gasteiger partial charge >= 0.3 is 5.97 Å². The third kappa shape index (κ3) is 5.76. The van der Waals surface area contributed by atoms with Crippen molar-refractivity contribution in [2.24, 2.45) is 5.92 Å². The molecule has 1 aromatic rings. The van der Waals surface area contributed by atoms with Crippen molar-refractivity contribution in [2.75, 3.05) is 7.11 Å². The summed E-state index contributed by atoms with van der Waals surface area (Å²) in [7, 11) is 1.60. The van der Waals surface area contributed by atoms with Gasteiger partial charge in [-0.3, -0.25) is 4.79 Å². The summed E-state index contributed by atoms with van der Waals surface area (Å²) in [5, 5.41) is 11.8. The number of carbonyl (C=O) groups is 2. The number of hydrogen-bond donors (Lipinski definition) is 2. The molecule has 0 aliphatic heterocycles. The molecule has 0 aliphatic rings. The van der Waals surface area contributed by atoms with Crippen molar-refractivity contribution in [3.63, 3.8) is 0 Å². The number of benzene rings is 1. The number of carboxylic acids is 1. The summed E-state index contributed by atoms with van der Waals surface area (Å²) in [6.07, 6.45) is 2.72. The zero-order chi connectivity index (χ0) is 16.5. The van der Waals surface area contributed by atoms with Gasteiger partial charge in [0, 0.05) is 5.92 Å². The number of unbranched alkanes of at least 4 members (excludes halogenated alkanes) is 1. The van der Waals surface area contributed by atoms with E-state index in [0.717, 1.165) is 24.2 Å². The van der Waals surface area contributed by atoms with Crippen molar-refractivity contribution >= 4 is 11.9 Å². The molecule has 1 aromatic carbocycles. The van der Waals surface area contributed by atoms with Crippen LogP contribution in [0.5, 0.6) is 5.75 Å². The van der Waals surface area contributed by atoms with Crippen LogP contribution in [0.25, 0.3) is 0 Å². The highest BCUT2D eigenvalue weighted by Crippen LogP contribution is 2.15. The Balaban J connectivity index is 2.57. The predicted molar refractivity (Wildman–Crippen MR) is 85.0 cm³/mol. The largest absolute Gasteiger partial charge is 0.497 e. The van der Waals surface area contributed by atoms with Gasteiger partial charge in [0.1, 0.15) is 11.8 Å². The van der Waals surface area contributed by atoms with Gasteiger partial charge in [0.05, 0.1) is 7.11 Å². The van der Waals surface area contributed by atoms with Gasteiger partial charge < -0.3 is 15.2 Å². The fourth-order valence-corrected chi connectivity index (χ4v) is 2.19. The number of amides is 1. The molecule has 5 nitrogen and oxygen atoms in total. The molecule has 0 radical (unpaired) electrons. The maximum atomic E-state index is 12.1. The van der Waals surface area contributed by atoms with Gasteiger partial charge in [0.2, 0.25) is 5.91 Å². The second-order valence-corrected chi connectivity index (χ2v) is 5.49. The summed E-state index contributed by atoms with van der Waals surface area (Å²) in [5.41, 5.74) is 1.02. The Morgan fingerprint density at radius 1 is 1.27 bits per heavy atom. The maximum absolute atomic E-state index is 12.1. The van der Waals surface area contributed by atoms with E-state index in [0.29, 0.717) is 12.8 Å². The molecular weight excluding hydrogens is 282 g/mol. The molecule has 0 aliphatic carbocycles. The minimum absolute atomic E-state index is 0.223. The Morgan fingerprint density at radius 3 is 2.41 bits per heavy atom. The molecule has 0 saturated heterocycles. The molecule has 1 rings (SSSR count). The number of hydrogen-bond acceptors (Lipinski definition) is 3. The van der Waals surface area contributed by atoms with Crippen molar-refractivity contribution < 1.29 is 19.4 Å². The number of aliphatic carboxylic acids is 1. The van der Waals surface area contributed by atoms with Crippen molar-refractivity contribution in [3.05, 3.63) is 29.8 Å². The zero-order valence-corrected chi connectivity index (χ0v) is 13.5. The monoisotopic (exact) mass is 307 g/mol. The average molecular weight is 307 g/mol. The van der Waals surface area contributed by atoms with Crippen LogP contribution in [0.15, 0.2) is 24.3 Å². The lowest BCUT2D eigenvalue weighted by molar-refractivity contribution is -0.142. The van der Waals surface area contributed by atoms with Gasteiger partial charge in [0.25, 0.3) is 0 Å². The molecule has 0 saturated carbocycles. The van der Waals surface area contributed by atoms with Crippen LogP contribution < -0.4 is 10.1 Å². The van der Waals surface area contributed by atoms with Crippen LogP contribution in [0.3, 0.4) is 0 Å². The van der Waals surface area contributed by atoms with Crippen LogP contribution in [0.1, 0.15) is 38.7 Å². The van der Waals surface area contributed by atoms with Crippen LogP contribution in [0.2, 0.25) is 0 Å². The van der Waals surface area contributed by atoms with E-state index in [1.807, 2.05) is 31.2 Å². The minimum atomic E-state index is -0.974. The Labute approximate surface area is 131 Å². The Hall–Kier alpha value is -2.04. The first-order valence-electron chi connectivity index (χ1n) is 7.64. The molecular formula is C17H25NO4. The average Bonchev–Trinajstić information content (AvgIpc) is 2.51. The Morgan fingerprint density at radius 2 is 1.91 bits per heavy atom. The van der Waals surface area contributed by atoms with E-state index in [9.17, 15) is 9.59 Å². The number of carboxylic acid groups (broad SMARTS) is 1. The van der Waals surface area contributed by atoms with Crippen molar-refractivity contribution in [3.8, 4) is 5.75 Å². The Kier molecular flexibility index (Phi) is 7.43. The first-order chi connectivity index (χ1) is 10.5. The van der Waals surface area contributed by atoms with E-state index in [1.54, 1.807) is 14.0 Å². The van der Waals surface area contributed by atoms with E-state index >= 15 is 0 Å². The lowest BCUT2D eigenvalue weighted by Crippen LogP contribution is -2.43. The lowest BCUT2D eigenvalue weighted by atomic mass is 9.99. The molecule has 2 N–H and O–H groups in total. The highest BCUT2D eigenvalue weighted by Gasteiger charge is 2.22. The molecule has 0 bridgehead atoms. The van der Waals surface area contributed by atoms with Crippen LogP contribution in [-0.2, 0) is 16.0 Å². The molecule has 2 unspecified atom stereocenters. The van der Waals surface area contributed by atoms with E-state index in [-0.39, 0.29) is 11.8 Å². The molecule has 22 heavy (non-hydrogen) atoms. The topological polar surface area (TPSA) is 75.6 Å². The van der Waals surface area contributed by atoms with Crippen LogP contribution in [0.4, 0.5) is 0 Å². The molecule has 0 heterocycles. The molecule has 0 aromatic heterocycles. The smallest absolute Gasteiger partial charge is 0.326 e. The standard InChI is InChI=1S/C17H25NO4/c1-4-5-6-15(17(20)21)18-16(19)12(2)11-13-7-9-14(22-3)10-8-13/h7-10,12,15H,4-6,11H2,1-3H3,(H,18,19)(H,20,21). The summed E-state index contributed by atoms with van der Waals surface area (Å²) >= 11 is 0. The second kappa shape index (κ2) is 9.07. The lowest BCUT2D eigenvalue weighted by Gasteiger charge is -2.18. The SMILES string of the molecule is CCCCC(NC(=O)C(C)Cc1ccc(OC)cc1)C(=O)O. The highest BCUT2D eigenvalue weighted by molar-refractivity contribution is 5.84.